The highest BCUT2D eigenvalue weighted by Crippen LogP contribution is 2.25. The second-order valence-electron chi connectivity index (χ2n) is 5.43. The Balaban J connectivity index is 1.83. The number of anilines is 1. The number of nitrogens with two attached hydrogens (primary N) is 1. The Hall–Kier alpha value is -1.86. The first-order valence-corrected chi connectivity index (χ1v) is 8.69. The Labute approximate surface area is 123 Å². The molecule has 1 aromatic carbocycles. The Bertz CT molecular complexity index is 737. The molecule has 1 saturated heterocycles. The molecule has 1 fully saturated rings. The summed E-state index contributed by atoms with van der Waals surface area (Å²) >= 11 is 0. The molecule has 0 bridgehead atoms. The van der Waals surface area contributed by atoms with Crippen LogP contribution in [0, 0.1) is 0 Å². The van der Waals surface area contributed by atoms with E-state index in [1.807, 2.05) is 6.07 Å². The number of hydrogen-bond acceptors (Lipinski definition) is 5. The van der Waals surface area contributed by atoms with Gasteiger partial charge in [0.2, 0.25) is 0 Å². The predicted octanol–water partition coefficient (Wildman–Crippen LogP) is 1.02. The number of sulfone groups is 1. The van der Waals surface area contributed by atoms with E-state index in [1.165, 1.54) is 6.26 Å². The van der Waals surface area contributed by atoms with Gasteiger partial charge in [-0.1, -0.05) is 12.1 Å². The van der Waals surface area contributed by atoms with Gasteiger partial charge in [-0.3, -0.25) is 5.10 Å². The molecule has 1 atom stereocenters. The normalized spacial score (nSPS) is 19.1. The molecule has 0 aliphatic carbocycles. The van der Waals surface area contributed by atoms with Gasteiger partial charge in [0, 0.05) is 31.5 Å². The molecule has 3 rings (SSSR count). The Morgan fingerprint density at radius 1 is 1.33 bits per heavy atom. The summed E-state index contributed by atoms with van der Waals surface area (Å²) in [7, 11) is -3.16. The molecular weight excluding hydrogens is 288 g/mol. The Kier molecular flexibility index (Phi) is 3.46. The van der Waals surface area contributed by atoms with Crippen LogP contribution in [0.15, 0.2) is 35.2 Å². The summed E-state index contributed by atoms with van der Waals surface area (Å²) in [5.41, 5.74) is 7.67. The minimum atomic E-state index is -3.16. The van der Waals surface area contributed by atoms with Crippen LogP contribution < -0.4 is 10.6 Å². The van der Waals surface area contributed by atoms with Crippen molar-refractivity contribution < 1.29 is 8.42 Å². The zero-order valence-corrected chi connectivity index (χ0v) is 12.6. The smallest absolute Gasteiger partial charge is 0.175 e. The maximum Gasteiger partial charge on any atom is 0.175 e. The summed E-state index contributed by atoms with van der Waals surface area (Å²) < 4.78 is 22.9. The van der Waals surface area contributed by atoms with Crippen molar-refractivity contribution >= 4 is 15.7 Å². The van der Waals surface area contributed by atoms with E-state index < -0.39 is 9.84 Å². The number of rotatable bonds is 3. The summed E-state index contributed by atoms with van der Waals surface area (Å²) in [6.45, 7) is 1.73. The molecule has 3 N–H and O–H groups in total. The predicted molar refractivity (Wildman–Crippen MR) is 81.9 cm³/mol. The third-order valence-corrected chi connectivity index (χ3v) is 4.83. The first kappa shape index (κ1) is 14.1. The van der Waals surface area contributed by atoms with E-state index in [9.17, 15) is 8.42 Å². The van der Waals surface area contributed by atoms with E-state index in [2.05, 4.69) is 15.1 Å². The fourth-order valence-electron chi connectivity index (χ4n) is 2.50. The average molecular weight is 306 g/mol. The monoisotopic (exact) mass is 306 g/mol. The lowest BCUT2D eigenvalue weighted by molar-refractivity contribution is 0.602. The molecule has 2 aromatic rings. The van der Waals surface area contributed by atoms with E-state index >= 15 is 0 Å². The second kappa shape index (κ2) is 5.16. The summed E-state index contributed by atoms with van der Waals surface area (Å²) in [6.07, 6.45) is 2.18. The molecule has 0 saturated carbocycles. The van der Waals surface area contributed by atoms with E-state index in [0.29, 0.717) is 4.90 Å². The van der Waals surface area contributed by atoms with Gasteiger partial charge >= 0.3 is 0 Å². The molecule has 1 aromatic heterocycles. The standard InChI is InChI=1S/C14H18N4O2S/c1-21(19,20)12-4-2-10(3-5-12)13-8-14(17-16-13)18-7-6-11(15)9-18/h2-5,8,11H,6-7,9,15H2,1H3,(H,16,17). The minimum Gasteiger partial charge on any atom is -0.354 e. The summed E-state index contributed by atoms with van der Waals surface area (Å²) in [4.78, 5) is 2.46. The van der Waals surface area contributed by atoms with Crippen LogP contribution in [0.3, 0.4) is 0 Å². The molecular formula is C14H18N4O2S. The number of aromatic amines is 1. The lowest BCUT2D eigenvalue weighted by Crippen LogP contribution is -2.26. The topological polar surface area (TPSA) is 92.1 Å². The zero-order valence-electron chi connectivity index (χ0n) is 11.8. The molecule has 1 unspecified atom stereocenters. The van der Waals surface area contributed by atoms with Gasteiger partial charge in [-0.25, -0.2) is 8.42 Å². The number of nitrogens with zero attached hydrogens (tertiary/aromatic N) is 2. The van der Waals surface area contributed by atoms with Crippen LogP contribution in [0.2, 0.25) is 0 Å². The van der Waals surface area contributed by atoms with Gasteiger partial charge in [0.1, 0.15) is 0 Å². The van der Waals surface area contributed by atoms with Crippen LogP contribution in [0.1, 0.15) is 6.42 Å². The molecule has 0 spiro atoms. The van der Waals surface area contributed by atoms with Crippen molar-refractivity contribution in [1.29, 1.82) is 0 Å². The summed E-state index contributed by atoms with van der Waals surface area (Å²) in [5.74, 6) is 0.880. The molecule has 7 heteroatoms. The third kappa shape index (κ3) is 2.93. The van der Waals surface area contributed by atoms with Crippen molar-refractivity contribution in [3.8, 4) is 11.3 Å². The van der Waals surface area contributed by atoms with Crippen molar-refractivity contribution in [2.45, 2.75) is 17.4 Å². The molecule has 0 amide bonds. The lowest BCUT2D eigenvalue weighted by Gasteiger charge is -2.13. The highest BCUT2D eigenvalue weighted by Gasteiger charge is 2.21. The van der Waals surface area contributed by atoms with Crippen LogP contribution in [0.5, 0.6) is 0 Å². The highest BCUT2D eigenvalue weighted by molar-refractivity contribution is 7.90. The molecule has 6 nitrogen and oxygen atoms in total. The van der Waals surface area contributed by atoms with E-state index in [4.69, 9.17) is 5.73 Å². The summed E-state index contributed by atoms with van der Waals surface area (Å²) in [5, 5.41) is 7.30. The number of aromatic nitrogens is 2. The molecule has 112 valence electrons. The van der Waals surface area contributed by atoms with E-state index in [0.717, 1.165) is 36.6 Å². The second-order valence-corrected chi connectivity index (χ2v) is 7.45. The van der Waals surface area contributed by atoms with Crippen LogP contribution in [0.25, 0.3) is 11.3 Å². The van der Waals surface area contributed by atoms with Gasteiger partial charge in [-0.05, 0) is 24.1 Å². The van der Waals surface area contributed by atoms with Gasteiger partial charge in [0.05, 0.1) is 10.6 Å². The molecule has 1 aliphatic heterocycles. The first-order chi connectivity index (χ1) is 9.93. The highest BCUT2D eigenvalue weighted by atomic mass is 32.2. The fraction of sp³-hybridized carbons (Fsp3) is 0.357. The SMILES string of the molecule is CS(=O)(=O)c1ccc(-c2cc(N3CCC(N)C3)n[nH]2)cc1. The van der Waals surface area contributed by atoms with Gasteiger partial charge in [-0.2, -0.15) is 5.10 Å². The number of benzene rings is 1. The number of H-pyrrole nitrogens is 1. The number of hydrogen-bond donors (Lipinski definition) is 2. The first-order valence-electron chi connectivity index (χ1n) is 6.80. The number of nitrogens with one attached hydrogen (secondary N) is 1. The van der Waals surface area contributed by atoms with Crippen LogP contribution in [0.4, 0.5) is 5.82 Å². The summed E-state index contributed by atoms with van der Waals surface area (Å²) in [6, 6.07) is 8.95. The van der Waals surface area contributed by atoms with Crippen molar-refractivity contribution in [1.82, 2.24) is 10.2 Å². The van der Waals surface area contributed by atoms with E-state index in [-0.39, 0.29) is 6.04 Å². The van der Waals surface area contributed by atoms with Gasteiger partial charge in [-0.15, -0.1) is 0 Å². The maximum atomic E-state index is 11.5. The van der Waals surface area contributed by atoms with Gasteiger partial charge in [0.15, 0.2) is 15.7 Å². The van der Waals surface area contributed by atoms with Crippen molar-refractivity contribution in [2.75, 3.05) is 24.2 Å². The Morgan fingerprint density at radius 3 is 2.62 bits per heavy atom. The third-order valence-electron chi connectivity index (χ3n) is 3.71. The average Bonchev–Trinajstić information content (AvgIpc) is 3.06. The maximum absolute atomic E-state index is 11.5. The van der Waals surface area contributed by atoms with Crippen LogP contribution in [-0.4, -0.2) is 44.0 Å². The molecule has 21 heavy (non-hydrogen) atoms. The zero-order chi connectivity index (χ0) is 15.0. The molecule has 1 aliphatic rings. The van der Waals surface area contributed by atoms with Gasteiger partial charge < -0.3 is 10.6 Å². The lowest BCUT2D eigenvalue weighted by atomic mass is 10.1. The quantitative estimate of drug-likeness (QED) is 0.883. The van der Waals surface area contributed by atoms with Crippen molar-refractivity contribution in [3.63, 3.8) is 0 Å². The van der Waals surface area contributed by atoms with E-state index in [1.54, 1.807) is 24.3 Å². The molecule has 0 radical (unpaired) electrons. The van der Waals surface area contributed by atoms with Crippen molar-refractivity contribution in [2.24, 2.45) is 5.73 Å². The Morgan fingerprint density at radius 2 is 2.05 bits per heavy atom. The van der Waals surface area contributed by atoms with Crippen molar-refractivity contribution in [3.05, 3.63) is 30.3 Å². The van der Waals surface area contributed by atoms with Crippen LogP contribution >= 0.6 is 0 Å². The fourth-order valence-corrected chi connectivity index (χ4v) is 3.13. The molecule has 2 heterocycles. The minimum absolute atomic E-state index is 0.208. The van der Waals surface area contributed by atoms with Gasteiger partial charge in [0.25, 0.3) is 0 Å². The van der Waals surface area contributed by atoms with Crippen LogP contribution in [-0.2, 0) is 9.84 Å². The largest absolute Gasteiger partial charge is 0.354 e.